The van der Waals surface area contributed by atoms with Gasteiger partial charge in [0, 0.05) is 63.3 Å². The molecule has 0 atom stereocenters. The van der Waals surface area contributed by atoms with E-state index in [0.717, 1.165) is 63.3 Å². The summed E-state index contributed by atoms with van der Waals surface area (Å²) < 4.78 is 0. The summed E-state index contributed by atoms with van der Waals surface area (Å²) in [5, 5.41) is 3.12. The lowest BCUT2D eigenvalue weighted by atomic mass is 10.2. The summed E-state index contributed by atoms with van der Waals surface area (Å²) in [5.41, 5.74) is 1.38. The number of thiophene rings is 1. The molecule has 4 rings (SSSR count). The van der Waals surface area contributed by atoms with E-state index in [2.05, 4.69) is 33.0 Å². The van der Waals surface area contributed by atoms with E-state index in [-0.39, 0.29) is 5.91 Å². The van der Waals surface area contributed by atoms with E-state index >= 15 is 0 Å². The molecule has 1 amide bonds. The van der Waals surface area contributed by atoms with Gasteiger partial charge in [0.15, 0.2) is 0 Å². The first-order valence-corrected chi connectivity index (χ1v) is 10.6. The molecule has 1 saturated carbocycles. The molecule has 3 aliphatic rings. The lowest BCUT2D eigenvalue weighted by Gasteiger charge is -2.34. The minimum Gasteiger partial charge on any atom is -0.350 e. The normalized spacial score (nSPS) is 22.3. The number of carbonyl (C=O) groups excluding carboxylic acids is 1. The summed E-state index contributed by atoms with van der Waals surface area (Å²) >= 11 is 1.70. The van der Waals surface area contributed by atoms with E-state index in [1.165, 1.54) is 36.2 Å². The van der Waals surface area contributed by atoms with Crippen LogP contribution in [0, 0.1) is 0 Å². The van der Waals surface area contributed by atoms with E-state index in [4.69, 9.17) is 0 Å². The van der Waals surface area contributed by atoms with E-state index in [9.17, 15) is 4.79 Å². The highest BCUT2D eigenvalue weighted by Gasteiger charge is 2.34. The first kappa shape index (κ1) is 17.5. The molecule has 5 nitrogen and oxygen atoms in total. The number of piperazine rings is 1. The predicted octanol–water partition coefficient (Wildman–Crippen LogP) is 1.98. The third kappa shape index (κ3) is 4.25. The maximum Gasteiger partial charge on any atom is 0.261 e. The van der Waals surface area contributed by atoms with Gasteiger partial charge >= 0.3 is 0 Å². The number of nitrogens with one attached hydrogen (secondary N) is 1. The van der Waals surface area contributed by atoms with Gasteiger partial charge in [0.25, 0.3) is 5.91 Å². The molecule has 1 aliphatic carbocycles. The van der Waals surface area contributed by atoms with Gasteiger partial charge in [-0.25, -0.2) is 0 Å². The van der Waals surface area contributed by atoms with Gasteiger partial charge < -0.3 is 10.2 Å². The van der Waals surface area contributed by atoms with Crippen LogP contribution in [-0.2, 0) is 13.1 Å². The molecule has 3 heterocycles. The average molecular weight is 363 g/mol. The van der Waals surface area contributed by atoms with Gasteiger partial charge in [-0.05, 0) is 37.4 Å². The first-order valence-electron chi connectivity index (χ1n) is 9.81. The summed E-state index contributed by atoms with van der Waals surface area (Å²) in [4.78, 5) is 22.3. The van der Waals surface area contributed by atoms with E-state index in [0.29, 0.717) is 0 Å². The molecular weight excluding hydrogens is 332 g/mol. The second kappa shape index (κ2) is 7.74. The van der Waals surface area contributed by atoms with Gasteiger partial charge in [-0.1, -0.05) is 6.92 Å². The van der Waals surface area contributed by atoms with Crippen molar-refractivity contribution in [1.82, 2.24) is 20.0 Å². The number of nitrogens with zero attached hydrogens (tertiary/aromatic N) is 3. The van der Waals surface area contributed by atoms with Crippen LogP contribution in [0.3, 0.4) is 0 Å². The number of hydrogen-bond acceptors (Lipinski definition) is 5. The van der Waals surface area contributed by atoms with Crippen LogP contribution in [0.1, 0.15) is 46.3 Å². The molecule has 0 spiro atoms. The van der Waals surface area contributed by atoms with Gasteiger partial charge in [-0.2, -0.15) is 0 Å². The molecule has 0 radical (unpaired) electrons. The van der Waals surface area contributed by atoms with Crippen molar-refractivity contribution in [3.8, 4) is 0 Å². The Morgan fingerprint density at radius 2 is 1.88 bits per heavy atom. The first-order chi connectivity index (χ1) is 12.2. The topological polar surface area (TPSA) is 38.8 Å². The van der Waals surface area contributed by atoms with Crippen molar-refractivity contribution >= 4 is 17.2 Å². The van der Waals surface area contributed by atoms with E-state index in [1.54, 1.807) is 11.3 Å². The Bertz CT molecular complexity index is 581. The van der Waals surface area contributed by atoms with Crippen molar-refractivity contribution in [2.24, 2.45) is 0 Å². The Hall–Kier alpha value is -0.950. The molecule has 1 aromatic rings. The molecule has 2 fully saturated rings. The highest BCUT2D eigenvalue weighted by Crippen LogP contribution is 2.38. The molecule has 1 saturated heterocycles. The fourth-order valence-electron chi connectivity index (χ4n) is 3.97. The second-order valence-corrected chi connectivity index (χ2v) is 8.77. The monoisotopic (exact) mass is 362 g/mol. The number of fused-ring (bicyclic) bond motifs is 1. The maximum atomic E-state index is 12.4. The summed E-state index contributed by atoms with van der Waals surface area (Å²) in [7, 11) is 0. The smallest absolute Gasteiger partial charge is 0.261 e. The van der Waals surface area contributed by atoms with Crippen LogP contribution in [0.5, 0.6) is 0 Å². The van der Waals surface area contributed by atoms with Gasteiger partial charge in [-0.15, -0.1) is 11.3 Å². The fraction of sp³-hybridized carbons (Fsp3) is 0.737. The van der Waals surface area contributed by atoms with Crippen molar-refractivity contribution < 1.29 is 4.79 Å². The molecule has 0 unspecified atom stereocenters. The standard InChI is InChI=1S/C19H30N4OS/c1-2-6-21-8-10-22(11-9-21)7-5-20-19(24)17-12-15-13-23(16-3-4-16)14-18(15)25-17/h12,16H,2-11,13-14H2,1H3,(H,20,24). The molecule has 0 bridgehead atoms. The number of rotatable bonds is 7. The Kier molecular flexibility index (Phi) is 5.41. The summed E-state index contributed by atoms with van der Waals surface area (Å²) in [6, 6.07) is 2.94. The van der Waals surface area contributed by atoms with Crippen LogP contribution in [0.2, 0.25) is 0 Å². The highest BCUT2D eigenvalue weighted by molar-refractivity contribution is 7.14. The van der Waals surface area contributed by atoms with Gasteiger partial charge in [0.05, 0.1) is 4.88 Å². The van der Waals surface area contributed by atoms with Crippen molar-refractivity contribution in [1.29, 1.82) is 0 Å². The van der Waals surface area contributed by atoms with Crippen LogP contribution >= 0.6 is 11.3 Å². The third-order valence-corrected chi connectivity index (χ3v) is 6.78. The number of amides is 1. The quantitative estimate of drug-likeness (QED) is 0.805. The largest absolute Gasteiger partial charge is 0.350 e. The van der Waals surface area contributed by atoms with Crippen molar-refractivity contribution in [3.05, 3.63) is 21.4 Å². The third-order valence-electron chi connectivity index (χ3n) is 5.62. The van der Waals surface area contributed by atoms with E-state index < -0.39 is 0 Å². The molecule has 138 valence electrons. The summed E-state index contributed by atoms with van der Waals surface area (Å²) in [6.45, 7) is 11.9. The lowest BCUT2D eigenvalue weighted by molar-refractivity contribution is 0.0940. The molecule has 0 aromatic carbocycles. The Balaban J connectivity index is 1.18. The minimum atomic E-state index is 0.113. The van der Waals surface area contributed by atoms with Gasteiger partial charge in [-0.3, -0.25) is 14.6 Å². The van der Waals surface area contributed by atoms with Crippen molar-refractivity contribution in [2.75, 3.05) is 45.8 Å². The number of carbonyl (C=O) groups is 1. The molecule has 25 heavy (non-hydrogen) atoms. The van der Waals surface area contributed by atoms with Gasteiger partial charge in [0.1, 0.15) is 0 Å². The zero-order valence-corrected chi connectivity index (χ0v) is 16.1. The van der Waals surface area contributed by atoms with Gasteiger partial charge in [0.2, 0.25) is 0 Å². The predicted molar refractivity (Wildman–Crippen MR) is 102 cm³/mol. The van der Waals surface area contributed by atoms with Crippen LogP contribution < -0.4 is 5.32 Å². The minimum absolute atomic E-state index is 0.113. The summed E-state index contributed by atoms with van der Waals surface area (Å²) in [5.74, 6) is 0.113. The molecule has 2 aliphatic heterocycles. The van der Waals surface area contributed by atoms with E-state index in [1.807, 2.05) is 0 Å². The second-order valence-electron chi connectivity index (χ2n) is 7.63. The van der Waals surface area contributed by atoms with Crippen LogP contribution in [0.4, 0.5) is 0 Å². The van der Waals surface area contributed by atoms with Crippen molar-refractivity contribution in [2.45, 2.75) is 45.3 Å². The Morgan fingerprint density at radius 1 is 1.16 bits per heavy atom. The molecular formula is C19H30N4OS. The molecule has 6 heteroatoms. The number of hydrogen-bond donors (Lipinski definition) is 1. The van der Waals surface area contributed by atoms with Crippen LogP contribution in [-0.4, -0.2) is 72.5 Å². The zero-order chi connectivity index (χ0) is 17.2. The molecule has 1 aromatic heterocycles. The average Bonchev–Trinajstić information content (AvgIpc) is 3.26. The van der Waals surface area contributed by atoms with Crippen LogP contribution in [0.15, 0.2) is 6.07 Å². The van der Waals surface area contributed by atoms with Crippen molar-refractivity contribution in [3.63, 3.8) is 0 Å². The Labute approximate surface area is 155 Å². The SMILES string of the molecule is CCCN1CCN(CCNC(=O)c2cc3c(s2)CN(C2CC2)C3)CC1. The maximum absolute atomic E-state index is 12.4. The lowest BCUT2D eigenvalue weighted by Crippen LogP contribution is -2.48. The zero-order valence-electron chi connectivity index (χ0n) is 15.3. The highest BCUT2D eigenvalue weighted by atomic mass is 32.1. The fourth-order valence-corrected chi connectivity index (χ4v) is 5.09. The molecule has 1 N–H and O–H groups in total. The Morgan fingerprint density at radius 3 is 2.52 bits per heavy atom. The summed E-state index contributed by atoms with van der Waals surface area (Å²) in [6.07, 6.45) is 3.95. The van der Waals surface area contributed by atoms with Crippen LogP contribution in [0.25, 0.3) is 0 Å².